The minimum Gasteiger partial charge on any atom is -0.481 e. The lowest BCUT2D eigenvalue weighted by Crippen LogP contribution is -2.46. The molecule has 0 spiro atoms. The highest BCUT2D eigenvalue weighted by atomic mass is 32.2. The highest BCUT2D eigenvalue weighted by Crippen LogP contribution is 2.38. The van der Waals surface area contributed by atoms with Gasteiger partial charge in [-0.15, -0.1) is 0 Å². The van der Waals surface area contributed by atoms with Gasteiger partial charge in [-0.25, -0.2) is 13.1 Å². The molecule has 1 aliphatic rings. The highest BCUT2D eigenvalue weighted by Gasteiger charge is 2.46. The smallest absolute Gasteiger partial charge is 0.310 e. The normalized spacial score (nSPS) is 26.6. The molecule has 1 saturated carbocycles. The summed E-state index contributed by atoms with van der Waals surface area (Å²) in [6, 6.07) is 5.94. The van der Waals surface area contributed by atoms with E-state index in [1.165, 1.54) is 12.1 Å². The van der Waals surface area contributed by atoms with Crippen LogP contribution >= 0.6 is 0 Å². The zero-order valence-electron chi connectivity index (χ0n) is 11.6. The van der Waals surface area contributed by atoms with Crippen LogP contribution in [0.4, 0.5) is 0 Å². The van der Waals surface area contributed by atoms with E-state index in [1.54, 1.807) is 19.1 Å². The number of carbonyl (C=O) groups is 1. The van der Waals surface area contributed by atoms with Crippen molar-refractivity contribution < 1.29 is 18.3 Å². The summed E-state index contributed by atoms with van der Waals surface area (Å²) in [4.78, 5) is 11.5. The van der Waals surface area contributed by atoms with Gasteiger partial charge in [0.25, 0.3) is 0 Å². The van der Waals surface area contributed by atoms with Gasteiger partial charge in [-0.1, -0.05) is 24.1 Å². The van der Waals surface area contributed by atoms with Crippen molar-refractivity contribution in [2.24, 2.45) is 5.41 Å². The molecule has 0 heterocycles. The Morgan fingerprint density at radius 3 is 2.50 bits per heavy atom. The maximum Gasteiger partial charge on any atom is 0.310 e. The fourth-order valence-corrected chi connectivity index (χ4v) is 3.97. The number of nitrogens with one attached hydrogen (secondary N) is 1. The summed E-state index contributed by atoms with van der Waals surface area (Å²) >= 11 is 0. The molecule has 0 saturated heterocycles. The summed E-state index contributed by atoms with van der Waals surface area (Å²) in [6.07, 6.45) is 1.75. The van der Waals surface area contributed by atoms with Crippen molar-refractivity contribution in [3.8, 4) is 0 Å². The van der Waals surface area contributed by atoms with Gasteiger partial charge < -0.3 is 5.11 Å². The first kappa shape index (κ1) is 15.0. The maximum atomic E-state index is 12.3. The van der Waals surface area contributed by atoms with E-state index in [4.69, 9.17) is 0 Å². The molecule has 1 aromatic rings. The molecule has 6 heteroatoms. The van der Waals surface area contributed by atoms with Crippen LogP contribution in [0, 0.1) is 12.3 Å². The van der Waals surface area contributed by atoms with Crippen LogP contribution in [-0.2, 0) is 14.8 Å². The van der Waals surface area contributed by atoms with Crippen LogP contribution in [0.2, 0.25) is 0 Å². The van der Waals surface area contributed by atoms with E-state index in [9.17, 15) is 18.3 Å². The first-order valence-electron chi connectivity index (χ1n) is 6.58. The van der Waals surface area contributed by atoms with Crippen LogP contribution in [0.25, 0.3) is 0 Å². The summed E-state index contributed by atoms with van der Waals surface area (Å²) in [6.45, 7) is 3.48. The van der Waals surface area contributed by atoms with E-state index in [0.29, 0.717) is 19.3 Å². The van der Waals surface area contributed by atoms with Gasteiger partial charge in [0.05, 0.1) is 10.3 Å². The van der Waals surface area contributed by atoms with Gasteiger partial charge in [-0.3, -0.25) is 4.79 Å². The van der Waals surface area contributed by atoms with E-state index in [2.05, 4.69) is 4.72 Å². The first-order valence-corrected chi connectivity index (χ1v) is 8.06. The lowest BCUT2D eigenvalue weighted by atomic mass is 9.85. The largest absolute Gasteiger partial charge is 0.481 e. The Morgan fingerprint density at radius 2 is 1.95 bits per heavy atom. The summed E-state index contributed by atoms with van der Waals surface area (Å²) in [5.74, 6) is -0.952. The van der Waals surface area contributed by atoms with Crippen molar-refractivity contribution >= 4 is 16.0 Å². The number of aryl methyl sites for hydroxylation is 1. The van der Waals surface area contributed by atoms with E-state index in [-0.39, 0.29) is 4.90 Å². The third kappa shape index (κ3) is 2.71. The molecule has 0 radical (unpaired) electrons. The fraction of sp³-hybridized carbons (Fsp3) is 0.500. The standard InChI is InChI=1S/C14H19NO4S/c1-10-5-7-11(8-6-10)20(18,19)15-12-4-3-9-14(12,2)13(16)17/h5-8,12,15H,3-4,9H2,1-2H3,(H,16,17). The van der Waals surface area contributed by atoms with Crippen molar-refractivity contribution in [3.05, 3.63) is 29.8 Å². The van der Waals surface area contributed by atoms with Gasteiger partial charge in [-0.2, -0.15) is 0 Å². The molecule has 0 aromatic heterocycles. The molecule has 2 unspecified atom stereocenters. The van der Waals surface area contributed by atoms with Crippen molar-refractivity contribution in [1.29, 1.82) is 0 Å². The number of hydrogen-bond donors (Lipinski definition) is 2. The monoisotopic (exact) mass is 297 g/mol. The van der Waals surface area contributed by atoms with E-state index >= 15 is 0 Å². The molecular formula is C14H19NO4S. The molecule has 1 aromatic carbocycles. The van der Waals surface area contributed by atoms with Gasteiger partial charge in [0.2, 0.25) is 10.0 Å². The summed E-state index contributed by atoms with van der Waals surface area (Å²) in [5.41, 5.74) is -0.0576. The predicted molar refractivity (Wildman–Crippen MR) is 74.9 cm³/mol. The second-order valence-electron chi connectivity index (χ2n) is 5.60. The highest BCUT2D eigenvalue weighted by molar-refractivity contribution is 7.89. The van der Waals surface area contributed by atoms with Crippen LogP contribution in [0.15, 0.2) is 29.2 Å². The third-order valence-electron chi connectivity index (χ3n) is 4.08. The molecule has 20 heavy (non-hydrogen) atoms. The molecule has 0 aliphatic heterocycles. The number of carboxylic acid groups (broad SMARTS) is 1. The van der Waals surface area contributed by atoms with Gasteiger partial charge in [-0.05, 0) is 38.8 Å². The first-order chi connectivity index (χ1) is 9.25. The van der Waals surface area contributed by atoms with E-state index in [1.807, 2.05) is 6.92 Å². The molecular weight excluding hydrogens is 278 g/mol. The molecule has 110 valence electrons. The van der Waals surface area contributed by atoms with Gasteiger partial charge in [0.1, 0.15) is 0 Å². The van der Waals surface area contributed by atoms with Crippen LogP contribution in [0.1, 0.15) is 31.7 Å². The molecule has 2 rings (SSSR count). The topological polar surface area (TPSA) is 83.5 Å². The van der Waals surface area contributed by atoms with Crippen LogP contribution < -0.4 is 4.72 Å². The molecule has 1 aliphatic carbocycles. The lowest BCUT2D eigenvalue weighted by Gasteiger charge is -2.27. The Morgan fingerprint density at radius 1 is 1.35 bits per heavy atom. The van der Waals surface area contributed by atoms with Gasteiger partial charge in [0.15, 0.2) is 0 Å². The number of hydrogen-bond acceptors (Lipinski definition) is 3. The van der Waals surface area contributed by atoms with E-state index < -0.39 is 27.4 Å². The third-order valence-corrected chi connectivity index (χ3v) is 5.56. The number of aliphatic carboxylic acids is 1. The molecule has 2 atom stereocenters. The number of sulfonamides is 1. The van der Waals surface area contributed by atoms with Crippen LogP contribution in [-0.4, -0.2) is 25.5 Å². The Balaban J connectivity index is 2.24. The van der Waals surface area contributed by atoms with Gasteiger partial charge >= 0.3 is 5.97 Å². The lowest BCUT2D eigenvalue weighted by molar-refractivity contribution is -0.148. The fourth-order valence-electron chi connectivity index (χ4n) is 2.58. The maximum absolute atomic E-state index is 12.3. The predicted octanol–water partition coefficient (Wildman–Crippen LogP) is 1.92. The number of rotatable bonds is 4. The summed E-state index contributed by atoms with van der Waals surface area (Å²) < 4.78 is 27.2. The quantitative estimate of drug-likeness (QED) is 0.889. The molecule has 0 amide bonds. The molecule has 0 bridgehead atoms. The second-order valence-corrected chi connectivity index (χ2v) is 7.32. The van der Waals surface area contributed by atoms with Crippen molar-refractivity contribution in [3.63, 3.8) is 0 Å². The average molecular weight is 297 g/mol. The SMILES string of the molecule is Cc1ccc(S(=O)(=O)NC2CCCC2(C)C(=O)O)cc1. The van der Waals surface area contributed by atoms with Crippen molar-refractivity contribution in [1.82, 2.24) is 4.72 Å². The zero-order chi connectivity index (χ0) is 15.0. The van der Waals surface area contributed by atoms with Crippen LogP contribution in [0.5, 0.6) is 0 Å². The van der Waals surface area contributed by atoms with Gasteiger partial charge in [0, 0.05) is 6.04 Å². The van der Waals surface area contributed by atoms with Crippen LogP contribution in [0.3, 0.4) is 0 Å². The van der Waals surface area contributed by atoms with Crippen molar-refractivity contribution in [2.45, 2.75) is 44.0 Å². The molecule has 2 N–H and O–H groups in total. The summed E-state index contributed by atoms with van der Waals surface area (Å²) in [5, 5.41) is 9.31. The Bertz CT molecular complexity index is 609. The Hall–Kier alpha value is -1.40. The average Bonchev–Trinajstić information content (AvgIpc) is 2.72. The summed E-state index contributed by atoms with van der Waals surface area (Å²) in [7, 11) is -3.68. The Labute approximate surface area is 119 Å². The minimum atomic E-state index is -3.68. The number of benzene rings is 1. The van der Waals surface area contributed by atoms with E-state index in [0.717, 1.165) is 5.56 Å². The minimum absolute atomic E-state index is 0.169. The number of carboxylic acids is 1. The second kappa shape index (κ2) is 5.18. The zero-order valence-corrected chi connectivity index (χ0v) is 12.4. The van der Waals surface area contributed by atoms with Crippen molar-refractivity contribution in [2.75, 3.05) is 0 Å². The molecule has 1 fully saturated rings. The Kier molecular flexibility index (Phi) is 3.88. The molecule has 5 nitrogen and oxygen atoms in total.